The van der Waals surface area contributed by atoms with Gasteiger partial charge in [0.15, 0.2) is 11.0 Å². The highest BCUT2D eigenvalue weighted by atomic mass is 35.5. The zero-order valence-corrected chi connectivity index (χ0v) is 11.4. The maximum absolute atomic E-state index is 11.9. The van der Waals surface area contributed by atoms with Crippen LogP contribution < -0.4 is 0 Å². The van der Waals surface area contributed by atoms with Crippen molar-refractivity contribution in [3.05, 3.63) is 64.7 Å². The van der Waals surface area contributed by atoms with Crippen molar-refractivity contribution in [2.75, 3.05) is 0 Å². The van der Waals surface area contributed by atoms with Gasteiger partial charge in [-0.2, -0.15) is 4.40 Å². The quantitative estimate of drug-likeness (QED) is 0.785. The first kappa shape index (κ1) is 13.0. The molecule has 2 aromatic rings. The number of nitrogens with zero attached hydrogens (tertiary/aromatic N) is 1. The van der Waals surface area contributed by atoms with E-state index in [1.165, 1.54) is 0 Å². The molecule has 0 amide bonds. The minimum Gasteiger partial charge on any atom is -0.229 e. The third-order valence-electron chi connectivity index (χ3n) is 2.39. The van der Waals surface area contributed by atoms with E-state index in [2.05, 4.69) is 4.40 Å². The van der Waals surface area contributed by atoms with Gasteiger partial charge in [-0.05, 0) is 36.8 Å². The van der Waals surface area contributed by atoms with Crippen molar-refractivity contribution in [1.82, 2.24) is 0 Å². The Bertz CT molecular complexity index is 576. The number of hydrogen-bond acceptors (Lipinski definition) is 1. The highest BCUT2D eigenvalue weighted by Crippen LogP contribution is 2.11. The summed E-state index contributed by atoms with van der Waals surface area (Å²) in [6.45, 7) is 1.99. The van der Waals surface area contributed by atoms with Crippen LogP contribution in [0.4, 0.5) is 0 Å². The maximum Gasteiger partial charge on any atom is 0.172 e. The molecule has 0 aliphatic carbocycles. The molecule has 18 heavy (non-hydrogen) atoms. The van der Waals surface area contributed by atoms with Gasteiger partial charge in [0.05, 0.1) is 4.90 Å². The second-order valence-electron chi connectivity index (χ2n) is 3.85. The molecule has 0 aromatic heterocycles. The van der Waals surface area contributed by atoms with Crippen LogP contribution >= 0.6 is 11.6 Å². The van der Waals surface area contributed by atoms with Gasteiger partial charge in [-0.3, -0.25) is 0 Å². The second kappa shape index (κ2) is 5.94. The van der Waals surface area contributed by atoms with Crippen molar-refractivity contribution in [2.45, 2.75) is 11.8 Å². The molecule has 2 nitrogen and oxygen atoms in total. The molecule has 0 N–H and O–H groups in total. The van der Waals surface area contributed by atoms with E-state index in [0.29, 0.717) is 9.92 Å². The molecule has 1 atom stereocenters. The maximum atomic E-state index is 11.9. The van der Waals surface area contributed by atoms with E-state index in [1.54, 1.807) is 18.3 Å². The fraction of sp³-hybridized carbons (Fsp3) is 0.0714. The summed E-state index contributed by atoms with van der Waals surface area (Å²) in [5.41, 5.74) is 2.01. The van der Waals surface area contributed by atoms with Crippen LogP contribution in [0, 0.1) is 6.92 Å². The fourth-order valence-corrected chi connectivity index (χ4v) is 2.21. The van der Waals surface area contributed by atoms with Crippen LogP contribution in [0.2, 0.25) is 5.02 Å². The molecule has 0 saturated carbocycles. The van der Waals surface area contributed by atoms with Crippen LogP contribution in [0.3, 0.4) is 0 Å². The number of aryl methyl sites for hydroxylation is 1. The van der Waals surface area contributed by atoms with Crippen molar-refractivity contribution in [2.24, 2.45) is 4.40 Å². The molecule has 2 aromatic carbocycles. The third kappa shape index (κ3) is 3.52. The van der Waals surface area contributed by atoms with Crippen molar-refractivity contribution < 1.29 is 4.21 Å². The predicted molar refractivity (Wildman–Crippen MR) is 76.6 cm³/mol. The van der Waals surface area contributed by atoms with Crippen molar-refractivity contribution in [1.29, 1.82) is 0 Å². The summed E-state index contributed by atoms with van der Waals surface area (Å²) in [5.74, 6) is 0. The minimum absolute atomic E-state index is 0.673. The van der Waals surface area contributed by atoms with Gasteiger partial charge in [0, 0.05) is 11.2 Å². The Labute approximate surface area is 114 Å². The van der Waals surface area contributed by atoms with E-state index >= 15 is 0 Å². The summed E-state index contributed by atoms with van der Waals surface area (Å²) in [6.07, 6.45) is 1.59. The van der Waals surface area contributed by atoms with Gasteiger partial charge >= 0.3 is 0 Å². The first-order valence-electron chi connectivity index (χ1n) is 5.43. The lowest BCUT2D eigenvalue weighted by molar-refractivity contribution is 0.684. The first-order valence-corrected chi connectivity index (χ1v) is 6.92. The Hall–Kier alpha value is -1.45. The molecule has 92 valence electrons. The second-order valence-corrected chi connectivity index (χ2v) is 5.47. The molecule has 4 heteroatoms. The lowest BCUT2D eigenvalue weighted by Gasteiger charge is -1.97. The Kier molecular flexibility index (Phi) is 4.28. The number of hydrogen-bond donors (Lipinski definition) is 0. The molecule has 0 bridgehead atoms. The summed E-state index contributed by atoms with van der Waals surface area (Å²) in [6, 6.07) is 14.7. The van der Waals surface area contributed by atoms with Gasteiger partial charge < -0.3 is 0 Å². The molecule has 0 aliphatic heterocycles. The van der Waals surface area contributed by atoms with E-state index in [1.807, 2.05) is 43.3 Å². The van der Waals surface area contributed by atoms with E-state index < -0.39 is 11.0 Å². The summed E-state index contributed by atoms with van der Waals surface area (Å²) in [5, 5.41) is 0.673. The van der Waals surface area contributed by atoms with Crippen molar-refractivity contribution in [3.63, 3.8) is 0 Å². The normalized spacial score (nSPS) is 12.8. The van der Waals surface area contributed by atoms with Gasteiger partial charge in [0.2, 0.25) is 0 Å². The molecule has 2 rings (SSSR count). The van der Waals surface area contributed by atoms with Crippen molar-refractivity contribution >= 4 is 28.8 Å². The summed E-state index contributed by atoms with van der Waals surface area (Å²) in [7, 11) is -1.36. The third-order valence-corrected chi connectivity index (χ3v) is 3.61. The van der Waals surface area contributed by atoms with Crippen LogP contribution in [0.25, 0.3) is 0 Å². The SMILES string of the molecule is Cc1ccc([S@@](=O)/N=C/c2ccc(Cl)cc2)cc1. The Morgan fingerprint density at radius 3 is 2.28 bits per heavy atom. The van der Waals surface area contributed by atoms with Crippen LogP contribution in [-0.4, -0.2) is 10.4 Å². The molecule has 0 fully saturated rings. The van der Waals surface area contributed by atoms with Gasteiger partial charge in [-0.25, -0.2) is 4.21 Å². The lowest BCUT2D eigenvalue weighted by Crippen LogP contribution is -1.89. The molecule has 0 radical (unpaired) electrons. The smallest absolute Gasteiger partial charge is 0.172 e. The average Bonchev–Trinajstić information content (AvgIpc) is 2.38. The largest absolute Gasteiger partial charge is 0.229 e. The molecule has 0 heterocycles. The van der Waals surface area contributed by atoms with Crippen LogP contribution in [-0.2, 0) is 11.0 Å². The topological polar surface area (TPSA) is 29.4 Å². The molecular weight excluding hydrogens is 266 g/mol. The monoisotopic (exact) mass is 277 g/mol. The number of halogens is 1. The zero-order chi connectivity index (χ0) is 13.0. The lowest BCUT2D eigenvalue weighted by atomic mass is 10.2. The summed E-state index contributed by atoms with van der Waals surface area (Å²) < 4.78 is 15.9. The molecule has 0 spiro atoms. The average molecular weight is 278 g/mol. The minimum atomic E-state index is -1.36. The number of benzene rings is 2. The van der Waals surface area contributed by atoms with Crippen LogP contribution in [0.15, 0.2) is 57.8 Å². The molecular formula is C14H12ClNOS. The highest BCUT2D eigenvalue weighted by Gasteiger charge is 1.99. The zero-order valence-electron chi connectivity index (χ0n) is 9.84. The van der Waals surface area contributed by atoms with E-state index in [9.17, 15) is 4.21 Å². The van der Waals surface area contributed by atoms with E-state index in [4.69, 9.17) is 11.6 Å². The number of rotatable bonds is 3. The standard InChI is InChI=1S/C14H12ClNOS/c1-11-2-8-14(9-3-11)18(17)16-10-12-4-6-13(15)7-5-12/h2-10H,1H3/b16-10+/t18-/m1/s1. The van der Waals surface area contributed by atoms with E-state index in [0.717, 1.165) is 11.1 Å². The fourth-order valence-electron chi connectivity index (χ4n) is 1.37. The molecule has 0 saturated heterocycles. The van der Waals surface area contributed by atoms with Gasteiger partial charge in [0.25, 0.3) is 0 Å². The van der Waals surface area contributed by atoms with Gasteiger partial charge in [-0.1, -0.05) is 41.4 Å². The Morgan fingerprint density at radius 1 is 1.06 bits per heavy atom. The molecule has 0 unspecified atom stereocenters. The summed E-state index contributed by atoms with van der Waals surface area (Å²) >= 11 is 5.78. The first-order chi connectivity index (χ1) is 8.65. The van der Waals surface area contributed by atoms with Crippen LogP contribution in [0.5, 0.6) is 0 Å². The highest BCUT2D eigenvalue weighted by molar-refractivity contribution is 7.83. The summed E-state index contributed by atoms with van der Waals surface area (Å²) in [4.78, 5) is 0.700. The van der Waals surface area contributed by atoms with Gasteiger partial charge in [0.1, 0.15) is 0 Å². The molecule has 0 aliphatic rings. The Balaban J connectivity index is 2.11. The van der Waals surface area contributed by atoms with Crippen molar-refractivity contribution in [3.8, 4) is 0 Å². The van der Waals surface area contributed by atoms with E-state index in [-0.39, 0.29) is 0 Å². The predicted octanol–water partition coefficient (Wildman–Crippen LogP) is 3.79. The van der Waals surface area contributed by atoms with Crippen LogP contribution in [0.1, 0.15) is 11.1 Å². The van der Waals surface area contributed by atoms with Gasteiger partial charge in [-0.15, -0.1) is 0 Å². The Morgan fingerprint density at radius 2 is 1.67 bits per heavy atom.